The van der Waals surface area contributed by atoms with E-state index in [-0.39, 0.29) is 5.78 Å². The van der Waals surface area contributed by atoms with Crippen molar-refractivity contribution in [3.05, 3.63) is 70.1 Å². The largest absolute Gasteiger partial charge is 0.450 e. The lowest BCUT2D eigenvalue weighted by Gasteiger charge is -2.11. The third-order valence-electron chi connectivity index (χ3n) is 3.39. The lowest BCUT2D eigenvalue weighted by atomic mass is 10.1. The molecule has 1 atom stereocenters. The molecule has 0 N–H and O–H groups in total. The summed E-state index contributed by atoms with van der Waals surface area (Å²) in [4.78, 5) is 25.0. The molecule has 2 aromatic carbocycles. The van der Waals surface area contributed by atoms with Crippen LogP contribution in [0, 0.1) is 0 Å². The molecule has 0 bridgehead atoms. The highest BCUT2D eigenvalue weighted by atomic mass is 35.5. The Morgan fingerprint density at radius 3 is 2.61 bits per heavy atom. The molecule has 0 fully saturated rings. The topological polar surface area (TPSA) is 43.4 Å². The van der Waals surface area contributed by atoms with Crippen molar-refractivity contribution in [3.8, 4) is 0 Å². The molecular formula is C18H13ClO3S. The van der Waals surface area contributed by atoms with E-state index in [1.54, 1.807) is 37.3 Å². The van der Waals surface area contributed by atoms with Crippen LogP contribution >= 0.6 is 22.9 Å². The number of hydrogen-bond donors (Lipinski definition) is 0. The number of fused-ring (bicyclic) bond motifs is 1. The summed E-state index contributed by atoms with van der Waals surface area (Å²) in [7, 11) is 0. The summed E-state index contributed by atoms with van der Waals surface area (Å²) in [6.07, 6.45) is -0.869. The number of Topliss-reactive ketones (excluding diaryl/α,β-unsaturated/α-hetero) is 1. The van der Waals surface area contributed by atoms with Crippen LogP contribution in [0.1, 0.15) is 27.0 Å². The molecule has 0 amide bonds. The third kappa shape index (κ3) is 3.44. The summed E-state index contributed by atoms with van der Waals surface area (Å²) in [6.45, 7) is 1.56. The van der Waals surface area contributed by atoms with Crippen LogP contribution < -0.4 is 0 Å². The van der Waals surface area contributed by atoms with Gasteiger partial charge in [-0.1, -0.05) is 41.9 Å². The average Bonchev–Trinajstić information content (AvgIpc) is 2.98. The molecule has 0 radical (unpaired) electrons. The van der Waals surface area contributed by atoms with Gasteiger partial charge in [-0.15, -0.1) is 11.3 Å². The molecule has 1 heterocycles. The highest BCUT2D eigenvalue weighted by Crippen LogP contribution is 2.26. The Hall–Kier alpha value is -2.17. The molecule has 0 aliphatic rings. The number of esters is 1. The number of hydrogen-bond acceptors (Lipinski definition) is 4. The molecule has 3 aromatic rings. The van der Waals surface area contributed by atoms with Gasteiger partial charge in [-0.2, -0.15) is 0 Å². The van der Waals surface area contributed by atoms with Gasteiger partial charge in [0.1, 0.15) is 4.88 Å². The minimum absolute atomic E-state index is 0.276. The molecule has 0 spiro atoms. The van der Waals surface area contributed by atoms with Crippen LogP contribution in [0.4, 0.5) is 0 Å². The Labute approximate surface area is 142 Å². The zero-order valence-corrected chi connectivity index (χ0v) is 13.9. The van der Waals surface area contributed by atoms with Gasteiger partial charge >= 0.3 is 5.97 Å². The van der Waals surface area contributed by atoms with Crippen molar-refractivity contribution in [1.82, 2.24) is 0 Å². The molecule has 5 heteroatoms. The van der Waals surface area contributed by atoms with Gasteiger partial charge in [-0.05, 0) is 36.6 Å². The summed E-state index contributed by atoms with van der Waals surface area (Å²) < 4.78 is 6.31. The summed E-state index contributed by atoms with van der Waals surface area (Å²) in [5, 5.41) is 1.46. The first-order chi connectivity index (χ1) is 11.0. The zero-order valence-electron chi connectivity index (χ0n) is 12.3. The lowest BCUT2D eigenvalue weighted by molar-refractivity contribution is 0.0323. The number of ether oxygens (including phenoxy) is 1. The first-order valence-corrected chi connectivity index (χ1v) is 8.23. The number of carbonyl (C=O) groups excluding carboxylic acids is 2. The standard InChI is InChI=1S/C18H13ClO3S/c1-11(17(20)13-6-4-7-14(19)9-13)22-18(21)16-10-12-5-2-3-8-15(12)23-16/h2-11H,1H3. The van der Waals surface area contributed by atoms with Crippen molar-refractivity contribution in [2.45, 2.75) is 13.0 Å². The SMILES string of the molecule is CC(OC(=O)c1cc2ccccc2s1)C(=O)c1cccc(Cl)c1. The first kappa shape index (κ1) is 15.7. The van der Waals surface area contributed by atoms with E-state index in [0.717, 1.165) is 10.1 Å². The van der Waals surface area contributed by atoms with Crippen LogP contribution in [0.5, 0.6) is 0 Å². The fourth-order valence-electron chi connectivity index (χ4n) is 2.23. The number of ketones is 1. The van der Waals surface area contributed by atoms with E-state index in [9.17, 15) is 9.59 Å². The Bertz CT molecular complexity index is 852. The van der Waals surface area contributed by atoms with Crippen molar-refractivity contribution in [3.63, 3.8) is 0 Å². The van der Waals surface area contributed by atoms with Crippen LogP contribution in [0.15, 0.2) is 54.6 Å². The Balaban J connectivity index is 1.75. The molecule has 0 aliphatic carbocycles. The highest BCUT2D eigenvalue weighted by Gasteiger charge is 2.21. The van der Waals surface area contributed by atoms with E-state index in [0.29, 0.717) is 15.5 Å². The Kier molecular flexibility index (Phi) is 4.46. The molecule has 116 valence electrons. The number of rotatable bonds is 4. The Morgan fingerprint density at radius 2 is 1.87 bits per heavy atom. The van der Waals surface area contributed by atoms with Gasteiger partial charge in [0.25, 0.3) is 0 Å². The van der Waals surface area contributed by atoms with Crippen LogP contribution in [0.3, 0.4) is 0 Å². The van der Waals surface area contributed by atoms with Crippen molar-refractivity contribution in [1.29, 1.82) is 0 Å². The van der Waals surface area contributed by atoms with Crippen LogP contribution in [0.2, 0.25) is 5.02 Å². The number of benzene rings is 2. The Morgan fingerprint density at radius 1 is 1.09 bits per heavy atom. The second kappa shape index (κ2) is 6.52. The zero-order chi connectivity index (χ0) is 16.4. The average molecular weight is 345 g/mol. The fraction of sp³-hybridized carbons (Fsp3) is 0.111. The number of thiophene rings is 1. The molecule has 1 aromatic heterocycles. The number of halogens is 1. The smallest absolute Gasteiger partial charge is 0.349 e. The maximum Gasteiger partial charge on any atom is 0.349 e. The first-order valence-electron chi connectivity index (χ1n) is 7.04. The molecular weight excluding hydrogens is 332 g/mol. The van der Waals surface area contributed by atoms with Crippen LogP contribution in [-0.4, -0.2) is 17.9 Å². The van der Waals surface area contributed by atoms with E-state index >= 15 is 0 Å². The molecule has 3 rings (SSSR count). The van der Waals surface area contributed by atoms with E-state index in [4.69, 9.17) is 16.3 Å². The van der Waals surface area contributed by atoms with E-state index in [2.05, 4.69) is 0 Å². The summed E-state index contributed by atoms with van der Waals surface area (Å²) in [5.41, 5.74) is 0.425. The fourth-order valence-corrected chi connectivity index (χ4v) is 3.37. The molecule has 0 aliphatic heterocycles. The van der Waals surface area contributed by atoms with Gasteiger partial charge in [-0.3, -0.25) is 4.79 Å². The maximum atomic E-state index is 12.3. The van der Waals surface area contributed by atoms with E-state index < -0.39 is 12.1 Å². The summed E-state index contributed by atoms with van der Waals surface area (Å²) >= 11 is 7.23. The lowest BCUT2D eigenvalue weighted by Crippen LogP contribution is -2.24. The predicted octanol–water partition coefficient (Wildman–Crippen LogP) is 4.98. The van der Waals surface area contributed by atoms with Gasteiger partial charge in [0.2, 0.25) is 5.78 Å². The number of carbonyl (C=O) groups is 2. The van der Waals surface area contributed by atoms with Crippen molar-refractivity contribution >= 4 is 44.8 Å². The molecule has 1 unspecified atom stereocenters. The second-order valence-corrected chi connectivity index (χ2v) is 6.59. The van der Waals surface area contributed by atoms with Gasteiger partial charge in [-0.25, -0.2) is 4.79 Å². The van der Waals surface area contributed by atoms with E-state index in [1.165, 1.54) is 11.3 Å². The van der Waals surface area contributed by atoms with Gasteiger partial charge in [0, 0.05) is 15.3 Å². The highest BCUT2D eigenvalue weighted by molar-refractivity contribution is 7.20. The summed E-state index contributed by atoms with van der Waals surface area (Å²) in [5.74, 6) is -0.768. The minimum atomic E-state index is -0.869. The van der Waals surface area contributed by atoms with Crippen LogP contribution in [0.25, 0.3) is 10.1 Å². The van der Waals surface area contributed by atoms with Crippen molar-refractivity contribution < 1.29 is 14.3 Å². The van der Waals surface area contributed by atoms with Crippen molar-refractivity contribution in [2.75, 3.05) is 0 Å². The normalized spacial score (nSPS) is 12.1. The third-order valence-corrected chi connectivity index (χ3v) is 4.72. The predicted molar refractivity (Wildman–Crippen MR) is 92.5 cm³/mol. The van der Waals surface area contributed by atoms with Gasteiger partial charge < -0.3 is 4.74 Å². The molecule has 23 heavy (non-hydrogen) atoms. The summed E-state index contributed by atoms with van der Waals surface area (Å²) in [6, 6.07) is 16.1. The molecule has 0 saturated heterocycles. The quantitative estimate of drug-likeness (QED) is 0.495. The minimum Gasteiger partial charge on any atom is -0.450 e. The van der Waals surface area contributed by atoms with Crippen LogP contribution in [-0.2, 0) is 4.74 Å². The van der Waals surface area contributed by atoms with E-state index in [1.807, 2.05) is 24.3 Å². The maximum absolute atomic E-state index is 12.3. The van der Waals surface area contributed by atoms with Gasteiger partial charge in [0.15, 0.2) is 6.10 Å². The van der Waals surface area contributed by atoms with Crippen molar-refractivity contribution in [2.24, 2.45) is 0 Å². The molecule has 0 saturated carbocycles. The van der Waals surface area contributed by atoms with Gasteiger partial charge in [0.05, 0.1) is 0 Å². The monoisotopic (exact) mass is 344 g/mol. The molecule has 3 nitrogen and oxygen atoms in total. The second-order valence-electron chi connectivity index (χ2n) is 5.07.